The molecule has 4 fully saturated rings. The molecule has 0 aromatic heterocycles. The van der Waals surface area contributed by atoms with E-state index in [0.717, 1.165) is 44.4 Å². The normalized spacial score (nSPS) is 43.9. The molecule has 0 aliphatic heterocycles. The molecule has 174 valence electrons. The van der Waals surface area contributed by atoms with Crippen LogP contribution in [0, 0.1) is 40.4 Å². The number of ketones is 1. The molecular weight excluding hydrogens is 392 g/mol. The first-order chi connectivity index (χ1) is 14.7. The molecule has 4 rings (SSSR count). The van der Waals surface area contributed by atoms with Gasteiger partial charge in [-0.3, -0.25) is 14.4 Å². The molecule has 0 N–H and O–H groups in total. The maximum atomic E-state index is 13.1. The van der Waals surface area contributed by atoms with Crippen LogP contribution in [0.2, 0.25) is 0 Å². The summed E-state index contributed by atoms with van der Waals surface area (Å²) in [6.45, 7) is 6.40. The Morgan fingerprint density at radius 2 is 1.58 bits per heavy atom. The number of carbonyl (C=O) groups is 3. The predicted octanol–water partition coefficient (Wildman–Crippen LogP) is 5.10. The Labute approximate surface area is 187 Å². The largest absolute Gasteiger partial charge is 0.469 e. The summed E-state index contributed by atoms with van der Waals surface area (Å²) in [6.07, 6.45) is 10.8. The van der Waals surface area contributed by atoms with E-state index in [1.54, 1.807) is 0 Å². The molecule has 4 aliphatic rings. The third-order valence-corrected chi connectivity index (χ3v) is 10.1. The average Bonchev–Trinajstić information content (AvgIpc) is 3.09. The van der Waals surface area contributed by atoms with Gasteiger partial charge in [-0.05, 0) is 92.3 Å². The number of ether oxygens (including phenoxy) is 2. The topological polar surface area (TPSA) is 69.7 Å². The van der Waals surface area contributed by atoms with Crippen molar-refractivity contribution < 1.29 is 23.9 Å². The van der Waals surface area contributed by atoms with Crippen LogP contribution in [0.5, 0.6) is 0 Å². The summed E-state index contributed by atoms with van der Waals surface area (Å²) in [5, 5.41) is 0. The highest BCUT2D eigenvalue weighted by atomic mass is 16.5. The van der Waals surface area contributed by atoms with E-state index >= 15 is 0 Å². The SMILES string of the molecule is COC(=O)CCC(=O)[C@H]1CC[C@H]2[C@@H]3CC[C@@H]4C[C@@H](OC(C)=O)CC[C@]4(C)[C@H]3CC[C@]12C. The van der Waals surface area contributed by atoms with Crippen LogP contribution in [0.4, 0.5) is 0 Å². The molecule has 0 unspecified atom stereocenters. The van der Waals surface area contributed by atoms with Gasteiger partial charge in [0, 0.05) is 19.3 Å². The van der Waals surface area contributed by atoms with Crippen molar-refractivity contribution >= 4 is 17.7 Å². The van der Waals surface area contributed by atoms with Gasteiger partial charge in [0.25, 0.3) is 0 Å². The lowest BCUT2D eigenvalue weighted by Crippen LogP contribution is -2.54. The van der Waals surface area contributed by atoms with E-state index in [1.807, 2.05) is 0 Å². The van der Waals surface area contributed by atoms with Gasteiger partial charge < -0.3 is 9.47 Å². The zero-order chi connectivity index (χ0) is 22.4. The average molecular weight is 433 g/mol. The lowest BCUT2D eigenvalue weighted by atomic mass is 9.44. The Balaban J connectivity index is 1.45. The van der Waals surface area contributed by atoms with E-state index in [0.29, 0.717) is 29.6 Å². The summed E-state index contributed by atoms with van der Waals surface area (Å²) in [7, 11) is 1.39. The first-order valence-corrected chi connectivity index (χ1v) is 12.5. The minimum Gasteiger partial charge on any atom is -0.469 e. The van der Waals surface area contributed by atoms with Crippen molar-refractivity contribution in [1.29, 1.82) is 0 Å². The fraction of sp³-hybridized carbons (Fsp3) is 0.885. The third kappa shape index (κ3) is 3.95. The van der Waals surface area contributed by atoms with Gasteiger partial charge >= 0.3 is 11.9 Å². The molecular formula is C26H40O5. The summed E-state index contributed by atoms with van der Waals surface area (Å²) in [5.74, 6) is 2.66. The molecule has 31 heavy (non-hydrogen) atoms. The minimum absolute atomic E-state index is 0.0898. The maximum absolute atomic E-state index is 13.1. The monoisotopic (exact) mass is 432 g/mol. The van der Waals surface area contributed by atoms with Gasteiger partial charge in [0.1, 0.15) is 11.9 Å². The summed E-state index contributed by atoms with van der Waals surface area (Å²) in [5.41, 5.74) is 0.431. The predicted molar refractivity (Wildman–Crippen MR) is 117 cm³/mol. The van der Waals surface area contributed by atoms with Crippen molar-refractivity contribution in [1.82, 2.24) is 0 Å². The van der Waals surface area contributed by atoms with E-state index in [4.69, 9.17) is 9.47 Å². The second-order valence-corrected chi connectivity index (χ2v) is 11.4. The van der Waals surface area contributed by atoms with Crippen LogP contribution >= 0.6 is 0 Å². The Kier molecular flexibility index (Phi) is 6.26. The maximum Gasteiger partial charge on any atom is 0.305 e. The van der Waals surface area contributed by atoms with Crippen LogP contribution in [0.15, 0.2) is 0 Å². The quantitative estimate of drug-likeness (QED) is 0.565. The number of Topliss-reactive ketones (excluding diaryl/α,β-unsaturated/α-hetero) is 1. The molecule has 5 heteroatoms. The van der Waals surface area contributed by atoms with E-state index in [-0.39, 0.29) is 41.6 Å². The lowest BCUT2D eigenvalue weighted by Gasteiger charge is -2.61. The summed E-state index contributed by atoms with van der Waals surface area (Å²) >= 11 is 0. The fourth-order valence-corrected chi connectivity index (χ4v) is 8.59. The van der Waals surface area contributed by atoms with Gasteiger partial charge in [0.2, 0.25) is 0 Å². The second kappa shape index (κ2) is 8.51. The highest BCUT2D eigenvalue weighted by Gasteiger charge is 2.61. The first-order valence-electron chi connectivity index (χ1n) is 12.5. The molecule has 0 bridgehead atoms. The molecule has 0 heterocycles. The van der Waals surface area contributed by atoms with Crippen LogP contribution in [-0.4, -0.2) is 30.9 Å². The number of esters is 2. The van der Waals surface area contributed by atoms with Crippen molar-refractivity contribution in [2.24, 2.45) is 40.4 Å². The van der Waals surface area contributed by atoms with Gasteiger partial charge in [-0.25, -0.2) is 0 Å². The highest BCUT2D eigenvalue weighted by molar-refractivity contribution is 5.85. The van der Waals surface area contributed by atoms with E-state index in [1.165, 1.54) is 33.3 Å². The number of hydrogen-bond donors (Lipinski definition) is 0. The van der Waals surface area contributed by atoms with Crippen molar-refractivity contribution in [2.45, 2.75) is 97.5 Å². The third-order valence-electron chi connectivity index (χ3n) is 10.1. The van der Waals surface area contributed by atoms with Crippen LogP contribution in [0.25, 0.3) is 0 Å². The lowest BCUT2D eigenvalue weighted by molar-refractivity contribution is -0.161. The molecule has 0 aromatic rings. The Bertz CT molecular complexity index is 731. The van der Waals surface area contributed by atoms with Crippen molar-refractivity contribution in [2.75, 3.05) is 7.11 Å². The van der Waals surface area contributed by atoms with Gasteiger partial charge in [-0.15, -0.1) is 0 Å². The van der Waals surface area contributed by atoms with Crippen LogP contribution in [-0.2, 0) is 23.9 Å². The smallest absolute Gasteiger partial charge is 0.305 e. The zero-order valence-corrected chi connectivity index (χ0v) is 19.8. The Hall–Kier alpha value is -1.39. The number of methoxy groups -OCH3 is 1. The van der Waals surface area contributed by atoms with Gasteiger partial charge in [0.05, 0.1) is 13.5 Å². The fourth-order valence-electron chi connectivity index (χ4n) is 8.59. The van der Waals surface area contributed by atoms with E-state index < -0.39 is 0 Å². The summed E-state index contributed by atoms with van der Waals surface area (Å²) in [4.78, 5) is 36.0. The van der Waals surface area contributed by atoms with Crippen LogP contribution in [0.1, 0.15) is 91.4 Å². The molecule has 0 aromatic carbocycles. The standard InChI is InChI=1S/C26H40O5/c1-16(27)31-18-11-13-25(2)17(15-18)5-6-19-20-7-8-22(23(28)9-10-24(29)30-4)26(20,3)14-12-21(19)25/h17-22H,5-15H2,1-4H3/t17-,18+,19+,20+,21+,22-,25+,26+/m1/s1. The Morgan fingerprint density at radius 1 is 0.871 bits per heavy atom. The van der Waals surface area contributed by atoms with Crippen molar-refractivity contribution in [3.05, 3.63) is 0 Å². The molecule has 4 aliphatic carbocycles. The van der Waals surface area contributed by atoms with Crippen molar-refractivity contribution in [3.8, 4) is 0 Å². The number of carbonyl (C=O) groups excluding carboxylic acids is 3. The number of rotatable bonds is 5. The molecule has 0 radical (unpaired) electrons. The molecule has 0 saturated heterocycles. The zero-order valence-electron chi connectivity index (χ0n) is 19.8. The second-order valence-electron chi connectivity index (χ2n) is 11.4. The molecule has 8 atom stereocenters. The van der Waals surface area contributed by atoms with Gasteiger partial charge in [-0.2, -0.15) is 0 Å². The van der Waals surface area contributed by atoms with E-state index in [9.17, 15) is 14.4 Å². The van der Waals surface area contributed by atoms with Gasteiger partial charge in [0.15, 0.2) is 0 Å². The van der Waals surface area contributed by atoms with Gasteiger partial charge in [-0.1, -0.05) is 13.8 Å². The Morgan fingerprint density at radius 3 is 2.29 bits per heavy atom. The molecule has 4 saturated carbocycles. The molecule has 0 spiro atoms. The molecule has 5 nitrogen and oxygen atoms in total. The van der Waals surface area contributed by atoms with Crippen LogP contribution < -0.4 is 0 Å². The minimum atomic E-state index is -0.285. The summed E-state index contributed by atoms with van der Waals surface area (Å²) in [6, 6.07) is 0. The van der Waals surface area contributed by atoms with Crippen molar-refractivity contribution in [3.63, 3.8) is 0 Å². The number of fused-ring (bicyclic) bond motifs is 5. The summed E-state index contributed by atoms with van der Waals surface area (Å²) < 4.78 is 10.3. The number of hydrogen-bond acceptors (Lipinski definition) is 5. The van der Waals surface area contributed by atoms with E-state index in [2.05, 4.69) is 13.8 Å². The highest BCUT2D eigenvalue weighted by Crippen LogP contribution is 2.67. The first kappa shape index (κ1) is 22.8. The molecule has 0 amide bonds. The van der Waals surface area contributed by atoms with Crippen LogP contribution in [0.3, 0.4) is 0 Å².